The van der Waals surface area contributed by atoms with E-state index in [1.165, 1.54) is 19.3 Å². The van der Waals surface area contributed by atoms with Crippen LogP contribution in [-0.2, 0) is 14.3 Å². The van der Waals surface area contributed by atoms with Crippen LogP contribution in [0.15, 0.2) is 0 Å². The van der Waals surface area contributed by atoms with Crippen molar-refractivity contribution in [3.8, 4) is 0 Å². The lowest BCUT2D eigenvalue weighted by Crippen LogP contribution is -2.48. The van der Waals surface area contributed by atoms with Gasteiger partial charge in [-0.05, 0) is 13.3 Å². The third kappa shape index (κ3) is 5.36. The number of carbonyl (C=O) groups is 1. The molecule has 0 aromatic carbocycles. The zero-order valence-corrected chi connectivity index (χ0v) is 11.8. The Morgan fingerprint density at radius 1 is 1.22 bits per heavy atom. The Morgan fingerprint density at radius 3 is 2.56 bits per heavy atom. The molecular weight excluding hydrogens is 230 g/mol. The fourth-order valence-electron chi connectivity index (χ4n) is 2.34. The van der Waals surface area contributed by atoms with Gasteiger partial charge in [0.1, 0.15) is 6.04 Å². The van der Waals surface area contributed by atoms with E-state index in [1.54, 1.807) is 0 Å². The molecule has 106 valence electrons. The third-order valence-electron chi connectivity index (χ3n) is 3.38. The fraction of sp³-hybridized carbons (Fsp3) is 0.929. The molecule has 0 bridgehead atoms. The van der Waals surface area contributed by atoms with Crippen LogP contribution in [0.1, 0.15) is 46.0 Å². The van der Waals surface area contributed by atoms with Gasteiger partial charge in [-0.25, -0.2) is 0 Å². The monoisotopic (exact) mass is 257 g/mol. The van der Waals surface area contributed by atoms with Gasteiger partial charge in [0.2, 0.25) is 0 Å². The highest BCUT2D eigenvalue weighted by Gasteiger charge is 2.27. The first-order valence-corrected chi connectivity index (χ1v) is 7.28. The van der Waals surface area contributed by atoms with Gasteiger partial charge in [-0.15, -0.1) is 0 Å². The van der Waals surface area contributed by atoms with E-state index in [0.29, 0.717) is 6.61 Å². The lowest BCUT2D eigenvalue weighted by atomic mass is 10.1. The molecule has 0 aromatic heterocycles. The topological polar surface area (TPSA) is 38.8 Å². The lowest BCUT2D eigenvalue weighted by molar-refractivity contribution is -0.151. The number of esters is 1. The molecule has 1 unspecified atom stereocenters. The van der Waals surface area contributed by atoms with Gasteiger partial charge in [0.25, 0.3) is 0 Å². The van der Waals surface area contributed by atoms with Crippen molar-refractivity contribution in [2.45, 2.75) is 52.0 Å². The standard InChI is InChI=1S/C14H27NO3/c1-3-5-6-7-8-13(14(16)18-4-2)15-9-11-17-12-10-15/h13H,3-12H2,1-2H3. The van der Waals surface area contributed by atoms with Gasteiger partial charge in [-0.3, -0.25) is 9.69 Å². The van der Waals surface area contributed by atoms with E-state index in [1.807, 2.05) is 6.92 Å². The highest BCUT2D eigenvalue weighted by atomic mass is 16.5. The van der Waals surface area contributed by atoms with Crippen molar-refractivity contribution >= 4 is 5.97 Å². The molecule has 1 fully saturated rings. The van der Waals surface area contributed by atoms with Crippen LogP contribution in [-0.4, -0.2) is 49.8 Å². The summed E-state index contributed by atoms with van der Waals surface area (Å²) in [4.78, 5) is 14.2. The lowest BCUT2D eigenvalue weighted by Gasteiger charge is -2.32. The quantitative estimate of drug-likeness (QED) is 0.494. The molecule has 0 aliphatic carbocycles. The van der Waals surface area contributed by atoms with Crippen molar-refractivity contribution in [1.82, 2.24) is 4.90 Å². The van der Waals surface area contributed by atoms with Crippen LogP contribution in [0.2, 0.25) is 0 Å². The maximum Gasteiger partial charge on any atom is 0.323 e. The number of hydrogen-bond donors (Lipinski definition) is 0. The van der Waals surface area contributed by atoms with E-state index in [0.717, 1.165) is 39.1 Å². The van der Waals surface area contributed by atoms with Gasteiger partial charge < -0.3 is 9.47 Å². The predicted molar refractivity (Wildman–Crippen MR) is 71.6 cm³/mol. The van der Waals surface area contributed by atoms with Crippen molar-refractivity contribution in [2.24, 2.45) is 0 Å². The van der Waals surface area contributed by atoms with Gasteiger partial charge in [0.15, 0.2) is 0 Å². The first-order valence-electron chi connectivity index (χ1n) is 7.28. The van der Waals surface area contributed by atoms with E-state index in [-0.39, 0.29) is 12.0 Å². The molecule has 1 rings (SSSR count). The van der Waals surface area contributed by atoms with Crippen molar-refractivity contribution in [2.75, 3.05) is 32.9 Å². The smallest absolute Gasteiger partial charge is 0.323 e. The summed E-state index contributed by atoms with van der Waals surface area (Å²) in [5.74, 6) is -0.0594. The van der Waals surface area contributed by atoms with Crippen LogP contribution in [0.3, 0.4) is 0 Å². The van der Waals surface area contributed by atoms with Gasteiger partial charge in [-0.1, -0.05) is 32.6 Å². The molecule has 4 heteroatoms. The summed E-state index contributed by atoms with van der Waals surface area (Å²) < 4.78 is 10.5. The van der Waals surface area contributed by atoms with Gasteiger partial charge >= 0.3 is 5.97 Å². The Bertz CT molecular complexity index is 227. The number of nitrogens with zero attached hydrogens (tertiary/aromatic N) is 1. The summed E-state index contributed by atoms with van der Waals surface area (Å²) in [7, 11) is 0. The molecule has 0 aromatic rings. The summed E-state index contributed by atoms with van der Waals surface area (Å²) in [6.45, 7) is 7.68. The summed E-state index contributed by atoms with van der Waals surface area (Å²) in [6.07, 6.45) is 5.70. The number of unbranched alkanes of at least 4 members (excludes halogenated alkanes) is 3. The third-order valence-corrected chi connectivity index (χ3v) is 3.38. The summed E-state index contributed by atoms with van der Waals surface area (Å²) >= 11 is 0. The second-order valence-electron chi connectivity index (χ2n) is 4.77. The van der Waals surface area contributed by atoms with E-state index < -0.39 is 0 Å². The van der Waals surface area contributed by atoms with Crippen molar-refractivity contribution in [1.29, 1.82) is 0 Å². The van der Waals surface area contributed by atoms with Gasteiger partial charge in [0.05, 0.1) is 19.8 Å². The molecular formula is C14H27NO3. The SMILES string of the molecule is CCCCCCC(C(=O)OCC)N1CCOCC1. The molecule has 0 spiro atoms. The molecule has 1 heterocycles. The molecule has 1 saturated heterocycles. The van der Waals surface area contributed by atoms with Crippen LogP contribution in [0.5, 0.6) is 0 Å². The number of morpholine rings is 1. The number of rotatable bonds is 8. The molecule has 1 aliphatic heterocycles. The fourth-order valence-corrected chi connectivity index (χ4v) is 2.34. The summed E-state index contributed by atoms with van der Waals surface area (Å²) in [5.41, 5.74) is 0. The van der Waals surface area contributed by atoms with Crippen LogP contribution in [0, 0.1) is 0 Å². The molecule has 0 radical (unpaired) electrons. The first-order chi connectivity index (χ1) is 8.79. The largest absolute Gasteiger partial charge is 0.465 e. The zero-order chi connectivity index (χ0) is 13.2. The van der Waals surface area contributed by atoms with Crippen LogP contribution in [0.4, 0.5) is 0 Å². The van der Waals surface area contributed by atoms with Crippen molar-refractivity contribution < 1.29 is 14.3 Å². The summed E-state index contributed by atoms with van der Waals surface area (Å²) in [6, 6.07) is -0.0642. The average Bonchev–Trinajstić information content (AvgIpc) is 2.40. The minimum Gasteiger partial charge on any atom is -0.465 e. The minimum atomic E-state index is -0.0642. The van der Waals surface area contributed by atoms with Crippen molar-refractivity contribution in [3.63, 3.8) is 0 Å². The second kappa shape index (κ2) is 9.34. The van der Waals surface area contributed by atoms with Crippen LogP contribution >= 0.6 is 0 Å². The van der Waals surface area contributed by atoms with Crippen LogP contribution < -0.4 is 0 Å². The van der Waals surface area contributed by atoms with Crippen molar-refractivity contribution in [3.05, 3.63) is 0 Å². The molecule has 0 saturated carbocycles. The summed E-state index contributed by atoms with van der Waals surface area (Å²) in [5, 5.41) is 0. The normalized spacial score (nSPS) is 18.6. The number of hydrogen-bond acceptors (Lipinski definition) is 4. The Kier molecular flexibility index (Phi) is 8.01. The average molecular weight is 257 g/mol. The minimum absolute atomic E-state index is 0.0594. The first kappa shape index (κ1) is 15.4. The molecule has 4 nitrogen and oxygen atoms in total. The molecule has 18 heavy (non-hydrogen) atoms. The Hall–Kier alpha value is -0.610. The predicted octanol–water partition coefficient (Wildman–Crippen LogP) is 2.22. The number of carbonyl (C=O) groups excluding carboxylic acids is 1. The highest BCUT2D eigenvalue weighted by Crippen LogP contribution is 2.14. The van der Waals surface area contributed by atoms with Gasteiger partial charge in [-0.2, -0.15) is 0 Å². The second-order valence-corrected chi connectivity index (χ2v) is 4.77. The molecule has 1 atom stereocenters. The van der Waals surface area contributed by atoms with Crippen LogP contribution in [0.25, 0.3) is 0 Å². The Morgan fingerprint density at radius 2 is 1.94 bits per heavy atom. The Balaban J connectivity index is 2.42. The molecule has 1 aliphatic rings. The van der Waals surface area contributed by atoms with E-state index in [9.17, 15) is 4.79 Å². The molecule has 0 N–H and O–H groups in total. The zero-order valence-electron chi connectivity index (χ0n) is 11.8. The maximum absolute atomic E-state index is 12.0. The van der Waals surface area contributed by atoms with E-state index in [4.69, 9.17) is 9.47 Å². The van der Waals surface area contributed by atoms with E-state index in [2.05, 4.69) is 11.8 Å². The maximum atomic E-state index is 12.0. The molecule has 0 amide bonds. The van der Waals surface area contributed by atoms with E-state index >= 15 is 0 Å². The Labute approximate surface area is 111 Å². The van der Waals surface area contributed by atoms with Gasteiger partial charge in [0, 0.05) is 13.1 Å². The number of ether oxygens (including phenoxy) is 2. The highest BCUT2D eigenvalue weighted by molar-refractivity contribution is 5.75.